The van der Waals surface area contributed by atoms with E-state index in [1.807, 2.05) is 31.2 Å². The number of nitrogens with zero attached hydrogens (tertiary/aromatic N) is 1. The Bertz CT molecular complexity index is 1050. The Kier molecular flexibility index (Phi) is 7.63. The quantitative estimate of drug-likeness (QED) is 0.648. The molecule has 0 spiro atoms. The van der Waals surface area contributed by atoms with Gasteiger partial charge in [0.25, 0.3) is 0 Å². The number of carbonyl (C=O) groups is 1. The summed E-state index contributed by atoms with van der Waals surface area (Å²) in [7, 11) is 0.728. The second kappa shape index (κ2) is 10.2. The summed E-state index contributed by atoms with van der Waals surface area (Å²) in [5.74, 6) is 1.07. The highest BCUT2D eigenvalue weighted by Gasteiger charge is 2.34. The fourth-order valence-electron chi connectivity index (χ4n) is 3.92. The third-order valence-electron chi connectivity index (χ3n) is 5.78. The molecule has 1 aliphatic rings. The molecule has 9 heteroatoms. The monoisotopic (exact) mass is 462 g/mol. The van der Waals surface area contributed by atoms with E-state index in [1.165, 1.54) is 24.6 Å². The zero-order valence-electron chi connectivity index (χ0n) is 18.8. The smallest absolute Gasteiger partial charge is 0.246 e. The highest BCUT2D eigenvalue weighted by molar-refractivity contribution is 7.89. The summed E-state index contributed by atoms with van der Waals surface area (Å²) in [4.78, 5) is 12.9. The van der Waals surface area contributed by atoms with Crippen LogP contribution in [0, 0.1) is 5.92 Å². The van der Waals surface area contributed by atoms with Crippen molar-refractivity contribution in [2.75, 3.05) is 34.4 Å². The number of hydrogen-bond donors (Lipinski definition) is 1. The van der Waals surface area contributed by atoms with Gasteiger partial charge in [0.05, 0.1) is 27.4 Å². The van der Waals surface area contributed by atoms with Crippen molar-refractivity contribution < 1.29 is 27.4 Å². The predicted molar refractivity (Wildman–Crippen MR) is 121 cm³/mol. The Balaban J connectivity index is 1.66. The molecule has 32 heavy (non-hydrogen) atoms. The minimum atomic E-state index is -3.78. The third kappa shape index (κ3) is 4.99. The van der Waals surface area contributed by atoms with Gasteiger partial charge in [0.15, 0.2) is 0 Å². The first-order valence-electron chi connectivity index (χ1n) is 10.5. The maximum Gasteiger partial charge on any atom is 0.246 e. The van der Waals surface area contributed by atoms with E-state index < -0.39 is 10.0 Å². The SMILES string of the molecule is COc1ccc(OC)c(S(=O)(=O)N2CCC(C(=O)N[C@@H](C)c3ccccc3OC)CC2)c1. The van der Waals surface area contributed by atoms with E-state index in [0.29, 0.717) is 24.3 Å². The van der Waals surface area contributed by atoms with Gasteiger partial charge < -0.3 is 19.5 Å². The number of rotatable bonds is 8. The molecule has 1 saturated heterocycles. The van der Waals surface area contributed by atoms with E-state index in [4.69, 9.17) is 14.2 Å². The second-order valence-electron chi connectivity index (χ2n) is 7.67. The average Bonchev–Trinajstić information content (AvgIpc) is 2.83. The number of para-hydroxylation sites is 1. The zero-order chi connectivity index (χ0) is 23.3. The van der Waals surface area contributed by atoms with Gasteiger partial charge in [0.2, 0.25) is 15.9 Å². The summed E-state index contributed by atoms with van der Waals surface area (Å²) in [5.41, 5.74) is 0.897. The molecule has 2 aromatic rings. The second-order valence-corrected chi connectivity index (χ2v) is 9.57. The molecule has 0 unspecified atom stereocenters. The molecule has 1 amide bonds. The molecule has 1 fully saturated rings. The number of methoxy groups -OCH3 is 3. The van der Waals surface area contributed by atoms with Gasteiger partial charge in [0.1, 0.15) is 22.1 Å². The molecule has 1 atom stereocenters. The van der Waals surface area contributed by atoms with Crippen LogP contribution >= 0.6 is 0 Å². The lowest BCUT2D eigenvalue weighted by atomic mass is 9.96. The van der Waals surface area contributed by atoms with Crippen molar-refractivity contribution in [3.05, 3.63) is 48.0 Å². The Morgan fingerprint density at radius 3 is 2.28 bits per heavy atom. The van der Waals surface area contributed by atoms with Gasteiger partial charge in [-0.15, -0.1) is 0 Å². The normalized spacial score (nSPS) is 16.2. The van der Waals surface area contributed by atoms with Crippen LogP contribution in [0.15, 0.2) is 47.4 Å². The van der Waals surface area contributed by atoms with Crippen LogP contribution in [-0.4, -0.2) is 53.0 Å². The first-order valence-corrected chi connectivity index (χ1v) is 11.9. The van der Waals surface area contributed by atoms with Crippen molar-refractivity contribution in [2.45, 2.75) is 30.7 Å². The third-order valence-corrected chi connectivity index (χ3v) is 7.70. The molecule has 1 N–H and O–H groups in total. The van der Waals surface area contributed by atoms with E-state index in [1.54, 1.807) is 19.2 Å². The maximum atomic E-state index is 13.2. The summed E-state index contributed by atoms with van der Waals surface area (Å²) in [6.07, 6.45) is 0.881. The Morgan fingerprint density at radius 1 is 1.00 bits per heavy atom. The van der Waals surface area contributed by atoms with Gasteiger partial charge in [-0.3, -0.25) is 4.79 Å². The first kappa shape index (κ1) is 23.9. The Labute approximate surface area is 189 Å². The molecule has 1 aliphatic heterocycles. The van der Waals surface area contributed by atoms with Crippen molar-refractivity contribution in [3.8, 4) is 17.2 Å². The average molecular weight is 463 g/mol. The molecule has 2 aromatic carbocycles. The molecular formula is C23H30N2O6S. The van der Waals surface area contributed by atoms with E-state index >= 15 is 0 Å². The van der Waals surface area contributed by atoms with E-state index in [9.17, 15) is 13.2 Å². The minimum absolute atomic E-state index is 0.0621. The van der Waals surface area contributed by atoms with Crippen LogP contribution in [0.1, 0.15) is 31.4 Å². The number of carbonyl (C=O) groups excluding carboxylic acids is 1. The lowest BCUT2D eigenvalue weighted by Gasteiger charge is -2.31. The number of nitrogens with one attached hydrogen (secondary N) is 1. The van der Waals surface area contributed by atoms with Gasteiger partial charge in [-0.05, 0) is 38.0 Å². The number of piperidine rings is 1. The lowest BCUT2D eigenvalue weighted by molar-refractivity contribution is -0.126. The van der Waals surface area contributed by atoms with Crippen molar-refractivity contribution in [3.63, 3.8) is 0 Å². The number of ether oxygens (including phenoxy) is 3. The summed E-state index contributed by atoms with van der Waals surface area (Å²) < 4.78 is 43.6. The van der Waals surface area contributed by atoms with E-state index in [2.05, 4.69) is 5.32 Å². The van der Waals surface area contributed by atoms with Gasteiger partial charge >= 0.3 is 0 Å². The summed E-state index contributed by atoms with van der Waals surface area (Å²) in [6.45, 7) is 2.41. The molecule has 174 valence electrons. The number of amides is 1. The van der Waals surface area contributed by atoms with Crippen molar-refractivity contribution in [1.82, 2.24) is 9.62 Å². The minimum Gasteiger partial charge on any atom is -0.497 e. The van der Waals surface area contributed by atoms with Crippen LogP contribution in [-0.2, 0) is 14.8 Å². The molecule has 1 heterocycles. The molecular weight excluding hydrogens is 432 g/mol. The molecule has 0 aliphatic carbocycles. The largest absolute Gasteiger partial charge is 0.497 e. The van der Waals surface area contributed by atoms with Crippen LogP contribution in [0.4, 0.5) is 0 Å². The summed E-state index contributed by atoms with van der Waals surface area (Å²) in [5, 5.41) is 3.04. The van der Waals surface area contributed by atoms with Crippen molar-refractivity contribution in [1.29, 1.82) is 0 Å². The number of hydrogen-bond acceptors (Lipinski definition) is 6. The molecule has 0 aromatic heterocycles. The highest BCUT2D eigenvalue weighted by atomic mass is 32.2. The standard InChI is InChI=1S/C23H30N2O6S/c1-16(19-7-5-6-8-20(19)30-3)24-23(26)17-11-13-25(14-12-17)32(27,28)22-15-18(29-2)9-10-21(22)31-4/h5-10,15-17H,11-14H2,1-4H3,(H,24,26)/t16-/m0/s1. The van der Waals surface area contributed by atoms with Crippen LogP contribution in [0.25, 0.3) is 0 Å². The van der Waals surface area contributed by atoms with E-state index in [-0.39, 0.29) is 41.6 Å². The molecule has 0 radical (unpaired) electrons. The van der Waals surface area contributed by atoms with Crippen molar-refractivity contribution >= 4 is 15.9 Å². The Hall–Kier alpha value is -2.78. The molecule has 3 rings (SSSR count). The lowest BCUT2D eigenvalue weighted by Crippen LogP contribution is -2.43. The zero-order valence-corrected chi connectivity index (χ0v) is 19.6. The maximum absolute atomic E-state index is 13.2. The fraction of sp³-hybridized carbons (Fsp3) is 0.435. The predicted octanol–water partition coefficient (Wildman–Crippen LogP) is 2.99. The van der Waals surface area contributed by atoms with Crippen LogP contribution in [0.2, 0.25) is 0 Å². The van der Waals surface area contributed by atoms with Gasteiger partial charge in [-0.25, -0.2) is 8.42 Å². The van der Waals surface area contributed by atoms with Crippen LogP contribution in [0.5, 0.6) is 17.2 Å². The molecule has 0 saturated carbocycles. The molecule has 0 bridgehead atoms. The topological polar surface area (TPSA) is 94.2 Å². The van der Waals surface area contributed by atoms with Crippen LogP contribution in [0.3, 0.4) is 0 Å². The van der Waals surface area contributed by atoms with E-state index in [0.717, 1.165) is 5.56 Å². The number of sulfonamides is 1. The van der Waals surface area contributed by atoms with Gasteiger partial charge in [0, 0.05) is 30.6 Å². The van der Waals surface area contributed by atoms with Gasteiger partial charge in [-0.1, -0.05) is 18.2 Å². The highest BCUT2D eigenvalue weighted by Crippen LogP contribution is 2.33. The Morgan fingerprint density at radius 2 is 1.66 bits per heavy atom. The first-order chi connectivity index (χ1) is 15.3. The fourth-order valence-corrected chi connectivity index (χ4v) is 5.56. The van der Waals surface area contributed by atoms with Crippen molar-refractivity contribution in [2.24, 2.45) is 5.92 Å². The van der Waals surface area contributed by atoms with Gasteiger partial charge in [-0.2, -0.15) is 4.31 Å². The van der Waals surface area contributed by atoms with Crippen LogP contribution < -0.4 is 19.5 Å². The summed E-state index contributed by atoms with van der Waals surface area (Å²) >= 11 is 0. The number of benzene rings is 2. The molecule has 8 nitrogen and oxygen atoms in total. The summed E-state index contributed by atoms with van der Waals surface area (Å²) in [6, 6.07) is 12.0.